The third-order valence-corrected chi connectivity index (χ3v) is 1.03. The molecule has 1 aromatic heterocycles. The first kappa shape index (κ1) is 10.7. The minimum absolute atomic E-state index is 0. The van der Waals surface area contributed by atoms with E-state index in [-0.39, 0.29) is 28.5 Å². The third-order valence-electron chi connectivity index (χ3n) is 1.03. The normalized spacial score (nSPS) is 8.67. The highest BCUT2D eigenvalue weighted by molar-refractivity contribution is 8.93. The van der Waals surface area contributed by atoms with Gasteiger partial charge in [-0.05, 0) is 12.1 Å². The van der Waals surface area contributed by atoms with Crippen LogP contribution in [0.4, 0.5) is 0 Å². The predicted molar refractivity (Wildman–Crippen MR) is 42.9 cm³/mol. The maximum atomic E-state index is 10.2. The van der Waals surface area contributed by atoms with Crippen molar-refractivity contribution in [2.24, 2.45) is 0 Å². The number of halogens is 1. The summed E-state index contributed by atoms with van der Waals surface area (Å²) in [4.78, 5) is 20.3. The minimum atomic E-state index is -1.28. The molecule has 1 heterocycles. The molecule has 0 saturated heterocycles. The lowest BCUT2D eigenvalue weighted by molar-refractivity contribution is 0.0632. The molecule has 2 N–H and O–H groups in total. The molecule has 0 radical (unpaired) electrons. The zero-order valence-corrected chi connectivity index (χ0v) is 7.40. The fourth-order valence-corrected chi connectivity index (χ4v) is 0.568. The molecule has 12 heavy (non-hydrogen) atoms. The largest absolute Gasteiger partial charge is 0.475 e. The molecule has 0 unspecified atom stereocenters. The van der Waals surface area contributed by atoms with E-state index in [1.165, 1.54) is 0 Å². The Kier molecular flexibility index (Phi) is 3.49. The molecule has 0 saturated carbocycles. The SMILES string of the molecule is Br.O=C(O)c1ccc(C(=O)O)o1. The topological polar surface area (TPSA) is 87.7 Å². The van der Waals surface area contributed by atoms with Gasteiger partial charge in [0.2, 0.25) is 11.5 Å². The molecule has 0 spiro atoms. The monoisotopic (exact) mass is 236 g/mol. The average molecular weight is 237 g/mol. The van der Waals surface area contributed by atoms with Crippen LogP contribution in [0.15, 0.2) is 16.5 Å². The molecular weight excluding hydrogens is 232 g/mol. The Balaban J connectivity index is 0.00000121. The average Bonchev–Trinajstić information content (AvgIpc) is 2.33. The molecule has 6 heteroatoms. The quantitative estimate of drug-likeness (QED) is 0.808. The van der Waals surface area contributed by atoms with Crippen LogP contribution in [-0.2, 0) is 0 Å². The van der Waals surface area contributed by atoms with Gasteiger partial charge in [-0.1, -0.05) is 0 Å². The summed E-state index contributed by atoms with van der Waals surface area (Å²) < 4.78 is 4.41. The van der Waals surface area contributed by atoms with Gasteiger partial charge in [-0.25, -0.2) is 9.59 Å². The molecule has 0 aliphatic rings. The summed E-state index contributed by atoms with van der Waals surface area (Å²) in [7, 11) is 0. The van der Waals surface area contributed by atoms with Crippen molar-refractivity contribution in [1.29, 1.82) is 0 Å². The molecule has 0 aliphatic heterocycles. The summed E-state index contributed by atoms with van der Waals surface area (Å²) in [5.41, 5.74) is 0. The van der Waals surface area contributed by atoms with E-state index in [0.29, 0.717) is 0 Å². The van der Waals surface area contributed by atoms with Crippen LogP contribution in [0, 0.1) is 0 Å². The minimum Gasteiger partial charge on any atom is -0.475 e. The Labute approximate surface area is 77.4 Å². The molecule has 0 aromatic carbocycles. The molecule has 0 fully saturated rings. The van der Waals surface area contributed by atoms with Gasteiger partial charge in [-0.15, -0.1) is 17.0 Å². The van der Waals surface area contributed by atoms with Crippen LogP contribution in [0.25, 0.3) is 0 Å². The number of hydrogen-bond donors (Lipinski definition) is 2. The highest BCUT2D eigenvalue weighted by Crippen LogP contribution is 2.06. The van der Waals surface area contributed by atoms with Gasteiger partial charge in [0.1, 0.15) is 0 Å². The predicted octanol–water partition coefficient (Wildman–Crippen LogP) is 1.25. The van der Waals surface area contributed by atoms with Gasteiger partial charge in [-0.2, -0.15) is 0 Å². The van der Waals surface area contributed by atoms with Gasteiger partial charge in [0.25, 0.3) is 0 Å². The van der Waals surface area contributed by atoms with Crippen LogP contribution in [0.5, 0.6) is 0 Å². The first-order valence-electron chi connectivity index (χ1n) is 2.67. The standard InChI is InChI=1S/C6H4O5.BrH/c7-5(8)3-1-2-4(11-3)6(9)10;/h1-2H,(H,7,8)(H,9,10);1H. The fourth-order valence-electron chi connectivity index (χ4n) is 0.568. The Morgan fingerprint density at radius 3 is 1.58 bits per heavy atom. The highest BCUT2D eigenvalue weighted by Gasteiger charge is 2.12. The molecule has 1 aromatic rings. The summed E-state index contributed by atoms with van der Waals surface area (Å²) >= 11 is 0. The van der Waals surface area contributed by atoms with E-state index in [9.17, 15) is 9.59 Å². The molecule has 66 valence electrons. The van der Waals surface area contributed by atoms with Gasteiger partial charge in [0.15, 0.2) is 0 Å². The first-order chi connectivity index (χ1) is 5.11. The van der Waals surface area contributed by atoms with E-state index >= 15 is 0 Å². The summed E-state index contributed by atoms with van der Waals surface area (Å²) in [6.45, 7) is 0. The lowest BCUT2D eigenvalue weighted by Crippen LogP contribution is -1.94. The summed E-state index contributed by atoms with van der Waals surface area (Å²) in [5, 5.41) is 16.6. The van der Waals surface area contributed by atoms with Crippen LogP contribution in [0.2, 0.25) is 0 Å². The second-order valence-corrected chi connectivity index (χ2v) is 1.77. The third kappa shape index (κ3) is 2.09. The van der Waals surface area contributed by atoms with Crippen LogP contribution >= 0.6 is 17.0 Å². The van der Waals surface area contributed by atoms with Crippen molar-refractivity contribution in [2.45, 2.75) is 0 Å². The Morgan fingerprint density at radius 2 is 1.42 bits per heavy atom. The number of rotatable bonds is 2. The molecular formula is C6H5BrO5. The van der Waals surface area contributed by atoms with Crippen molar-refractivity contribution in [2.75, 3.05) is 0 Å². The smallest absolute Gasteiger partial charge is 0.371 e. The molecule has 0 amide bonds. The fraction of sp³-hybridized carbons (Fsp3) is 0. The number of hydrogen-bond acceptors (Lipinski definition) is 3. The summed E-state index contributed by atoms with van der Waals surface area (Å²) in [6.07, 6.45) is 0. The van der Waals surface area contributed by atoms with Crippen LogP contribution in [0.1, 0.15) is 21.1 Å². The Hall–Kier alpha value is -1.30. The maximum Gasteiger partial charge on any atom is 0.371 e. The number of aromatic carboxylic acids is 2. The second kappa shape index (κ2) is 3.91. The number of carboxylic acids is 2. The molecule has 5 nitrogen and oxygen atoms in total. The van der Waals surface area contributed by atoms with Crippen molar-refractivity contribution in [3.63, 3.8) is 0 Å². The second-order valence-electron chi connectivity index (χ2n) is 1.77. The van der Waals surface area contributed by atoms with E-state index in [2.05, 4.69) is 4.42 Å². The number of carbonyl (C=O) groups is 2. The molecule has 1 rings (SSSR count). The Morgan fingerprint density at radius 1 is 1.08 bits per heavy atom. The van der Waals surface area contributed by atoms with Crippen molar-refractivity contribution in [3.05, 3.63) is 23.7 Å². The van der Waals surface area contributed by atoms with Crippen LogP contribution in [0.3, 0.4) is 0 Å². The van der Waals surface area contributed by atoms with Gasteiger partial charge in [0.05, 0.1) is 0 Å². The first-order valence-corrected chi connectivity index (χ1v) is 2.67. The van der Waals surface area contributed by atoms with Crippen LogP contribution < -0.4 is 0 Å². The van der Waals surface area contributed by atoms with Gasteiger partial charge in [-0.3, -0.25) is 0 Å². The number of furan rings is 1. The lowest BCUT2D eigenvalue weighted by Gasteiger charge is -1.84. The van der Waals surface area contributed by atoms with E-state index < -0.39 is 11.9 Å². The van der Waals surface area contributed by atoms with E-state index in [1.54, 1.807) is 0 Å². The Bertz CT molecular complexity index is 274. The lowest BCUT2D eigenvalue weighted by atomic mass is 10.4. The number of carboxylic acid groups (broad SMARTS) is 2. The van der Waals surface area contributed by atoms with Gasteiger partial charge < -0.3 is 14.6 Å². The van der Waals surface area contributed by atoms with E-state index in [4.69, 9.17) is 10.2 Å². The van der Waals surface area contributed by atoms with Crippen molar-refractivity contribution in [3.8, 4) is 0 Å². The van der Waals surface area contributed by atoms with Crippen molar-refractivity contribution >= 4 is 28.9 Å². The van der Waals surface area contributed by atoms with Crippen LogP contribution in [-0.4, -0.2) is 22.2 Å². The van der Waals surface area contributed by atoms with Gasteiger partial charge >= 0.3 is 11.9 Å². The zero-order chi connectivity index (χ0) is 8.43. The summed E-state index contributed by atoms with van der Waals surface area (Å²) in [6, 6.07) is 2.18. The van der Waals surface area contributed by atoms with Crippen molar-refractivity contribution in [1.82, 2.24) is 0 Å². The molecule has 0 bridgehead atoms. The molecule has 0 aliphatic carbocycles. The van der Waals surface area contributed by atoms with E-state index in [1.807, 2.05) is 0 Å². The highest BCUT2D eigenvalue weighted by atomic mass is 79.9. The summed E-state index contributed by atoms with van der Waals surface area (Å²) in [5.74, 6) is -3.31. The van der Waals surface area contributed by atoms with Crippen molar-refractivity contribution < 1.29 is 24.2 Å². The van der Waals surface area contributed by atoms with Gasteiger partial charge in [0, 0.05) is 0 Å². The van der Waals surface area contributed by atoms with E-state index in [0.717, 1.165) is 12.1 Å². The maximum absolute atomic E-state index is 10.2. The molecule has 0 atom stereocenters. The zero-order valence-electron chi connectivity index (χ0n) is 5.68.